The zero-order valence-electron chi connectivity index (χ0n) is 22.6. The van der Waals surface area contributed by atoms with Crippen LogP contribution in [0, 0.1) is 11.8 Å². The zero-order chi connectivity index (χ0) is 32.5. The number of aromatic nitrogens is 2. The van der Waals surface area contributed by atoms with Crippen LogP contribution in [-0.4, -0.2) is 78.3 Å². The van der Waals surface area contributed by atoms with Crippen molar-refractivity contribution in [1.29, 1.82) is 0 Å². The van der Waals surface area contributed by atoms with Gasteiger partial charge in [0.25, 0.3) is 5.56 Å². The molecule has 17 nitrogen and oxygen atoms in total. The Bertz CT molecular complexity index is 1410. The van der Waals surface area contributed by atoms with Crippen LogP contribution in [0.5, 0.6) is 0 Å². The highest BCUT2D eigenvalue weighted by atomic mass is 33.1. The molecule has 242 valence electrons. The molecule has 0 aliphatic carbocycles. The SMILES string of the molecule is [B]SSCOCC#Cc1cn([C@H]2C[C@@H](OCSSC(C)(C)C)C(COP(=O)(O)OP(=O)(O)OP(=O)(O)O)O2)c(=O)[nH]c1=O. The van der Waals surface area contributed by atoms with E-state index in [1.54, 1.807) is 0 Å². The minimum absolute atomic E-state index is 0.0128. The number of nitrogens with zero attached hydrogens (tertiary/aromatic N) is 1. The third kappa shape index (κ3) is 15.4. The fourth-order valence-electron chi connectivity index (χ4n) is 3.06. The first-order valence-electron chi connectivity index (χ1n) is 11.6. The van der Waals surface area contributed by atoms with Crippen molar-refractivity contribution in [3.63, 3.8) is 0 Å². The molecule has 43 heavy (non-hydrogen) atoms. The monoisotopic (exact) mass is 744 g/mol. The number of phosphoric ester groups is 1. The van der Waals surface area contributed by atoms with Crippen molar-refractivity contribution in [2.45, 2.75) is 50.4 Å². The molecule has 5 N–H and O–H groups in total. The van der Waals surface area contributed by atoms with Crippen LogP contribution in [0.2, 0.25) is 0 Å². The Morgan fingerprint density at radius 2 is 1.81 bits per heavy atom. The summed E-state index contributed by atoms with van der Waals surface area (Å²) in [5.41, 5.74) is -1.69. The number of hydrogen-bond donors (Lipinski definition) is 5. The zero-order valence-corrected chi connectivity index (χ0v) is 28.6. The van der Waals surface area contributed by atoms with Crippen LogP contribution in [-0.2, 0) is 41.1 Å². The molecule has 0 amide bonds. The van der Waals surface area contributed by atoms with Crippen LogP contribution in [0.25, 0.3) is 0 Å². The maximum absolute atomic E-state index is 12.6. The van der Waals surface area contributed by atoms with E-state index in [1.165, 1.54) is 32.4 Å². The lowest BCUT2D eigenvalue weighted by Gasteiger charge is -2.22. The van der Waals surface area contributed by atoms with Gasteiger partial charge in [0.1, 0.15) is 36.4 Å². The quantitative estimate of drug-likeness (QED) is 0.0408. The van der Waals surface area contributed by atoms with Gasteiger partial charge in [-0.3, -0.25) is 18.9 Å². The Hall–Kier alpha value is -0.00506. The van der Waals surface area contributed by atoms with E-state index in [4.69, 9.17) is 35.6 Å². The number of aromatic amines is 1. The van der Waals surface area contributed by atoms with Crippen LogP contribution in [0.15, 0.2) is 15.8 Å². The average molecular weight is 744 g/mol. The molecule has 5 atom stereocenters. The number of hydrogen-bond acceptors (Lipinski definition) is 15. The van der Waals surface area contributed by atoms with Crippen molar-refractivity contribution < 1.29 is 60.6 Å². The van der Waals surface area contributed by atoms with Gasteiger partial charge in [0, 0.05) is 17.4 Å². The lowest BCUT2D eigenvalue weighted by Crippen LogP contribution is -2.33. The van der Waals surface area contributed by atoms with Crippen LogP contribution in [0.4, 0.5) is 0 Å². The molecule has 2 heterocycles. The number of ether oxygens (including phenoxy) is 3. The lowest BCUT2D eigenvalue weighted by atomic mass is 10.2. The summed E-state index contributed by atoms with van der Waals surface area (Å²) in [6, 6.07) is 0. The number of nitrogens with one attached hydrogen (secondary N) is 1. The fourth-order valence-corrected chi connectivity index (χ4v) is 8.67. The summed E-state index contributed by atoms with van der Waals surface area (Å²) in [6.45, 7) is 5.13. The molecule has 3 unspecified atom stereocenters. The molecule has 1 aromatic rings. The van der Waals surface area contributed by atoms with E-state index in [2.05, 4.69) is 25.4 Å². The summed E-state index contributed by atoms with van der Waals surface area (Å²) >= 11 is 0. The summed E-state index contributed by atoms with van der Waals surface area (Å²) < 4.78 is 64.7. The van der Waals surface area contributed by atoms with Gasteiger partial charge in [-0.2, -0.15) is 19.3 Å². The second kappa shape index (κ2) is 17.2. The van der Waals surface area contributed by atoms with Crippen molar-refractivity contribution in [2.24, 2.45) is 0 Å². The van der Waals surface area contributed by atoms with Gasteiger partial charge in [-0.05, 0) is 0 Å². The summed E-state index contributed by atoms with van der Waals surface area (Å²) in [7, 11) is -6.36. The second-order valence-corrected chi connectivity index (χ2v) is 18.5. The second-order valence-electron chi connectivity index (χ2n) is 9.08. The van der Waals surface area contributed by atoms with Crippen molar-refractivity contribution >= 4 is 73.6 Å². The molecule has 2 radical (unpaired) electrons. The fraction of sp³-hybridized carbons (Fsp3) is 0.667. The molecule has 0 saturated carbocycles. The van der Waals surface area contributed by atoms with E-state index in [1.807, 2.05) is 20.8 Å². The topological polar surface area (TPSA) is 242 Å². The molecule has 1 saturated heterocycles. The summed E-state index contributed by atoms with van der Waals surface area (Å²) in [4.78, 5) is 63.6. The van der Waals surface area contributed by atoms with Gasteiger partial charge >= 0.3 is 29.2 Å². The predicted molar refractivity (Wildman–Crippen MR) is 163 cm³/mol. The molecule has 1 aliphatic heterocycles. The van der Waals surface area contributed by atoms with E-state index in [9.17, 15) is 33.1 Å². The van der Waals surface area contributed by atoms with E-state index >= 15 is 0 Å². The van der Waals surface area contributed by atoms with Crippen LogP contribution < -0.4 is 11.2 Å². The molecule has 0 bridgehead atoms. The van der Waals surface area contributed by atoms with Crippen molar-refractivity contribution in [3.8, 4) is 11.8 Å². The third-order valence-corrected chi connectivity index (χ3v) is 12.4. The number of phosphoric acid groups is 3. The van der Waals surface area contributed by atoms with E-state index in [0.29, 0.717) is 0 Å². The van der Waals surface area contributed by atoms with Crippen LogP contribution in [0.3, 0.4) is 0 Å². The molecule has 1 fully saturated rings. The highest BCUT2D eigenvalue weighted by molar-refractivity contribution is 8.84. The van der Waals surface area contributed by atoms with Crippen molar-refractivity contribution in [3.05, 3.63) is 32.6 Å². The Kier molecular flexibility index (Phi) is 15.7. The molecular formula is C18H28BN2O15P3S4. The molecule has 0 aromatic carbocycles. The van der Waals surface area contributed by atoms with Gasteiger partial charge in [0.2, 0.25) is 0 Å². The molecule has 1 aliphatic rings. The molecule has 25 heteroatoms. The molecule has 0 spiro atoms. The standard InChI is InChI=1S/C18H28BN2O15P3S4/c1-18(2,3)42-40-11-32-13-7-15(21-8-12(16(22)20-17(21)23)5-4-6-31-10-41-43-19)34-14(13)9-33-38(27,28)36-39(29,30)35-37(24,25)26/h8,13-15H,6-7,9-11H2,1-3H3,(H,27,28)(H,29,30)(H,20,22,23)(H2,24,25,26)/t13-,14?,15-/m1/s1. The molecule has 1 aromatic heterocycles. The van der Waals surface area contributed by atoms with Gasteiger partial charge in [0.05, 0.1) is 12.7 Å². The first kappa shape index (κ1) is 39.2. The van der Waals surface area contributed by atoms with Gasteiger partial charge in [-0.1, -0.05) is 65.0 Å². The first-order chi connectivity index (χ1) is 19.8. The Morgan fingerprint density at radius 3 is 2.44 bits per heavy atom. The molecular weight excluding hydrogens is 716 g/mol. The van der Waals surface area contributed by atoms with E-state index < -0.39 is 59.8 Å². The van der Waals surface area contributed by atoms with Crippen molar-refractivity contribution in [1.82, 2.24) is 9.55 Å². The predicted octanol–water partition coefficient (Wildman–Crippen LogP) is 2.48. The Balaban J connectivity index is 2.21. The maximum atomic E-state index is 12.6. The van der Waals surface area contributed by atoms with Gasteiger partial charge in [-0.25, -0.2) is 18.5 Å². The average Bonchev–Trinajstić information content (AvgIpc) is 3.23. The van der Waals surface area contributed by atoms with Crippen LogP contribution in [0.1, 0.15) is 39.0 Å². The van der Waals surface area contributed by atoms with E-state index in [-0.39, 0.29) is 35.2 Å². The number of H-pyrrole nitrogens is 1. The minimum Gasteiger partial charge on any atom is -0.364 e. The maximum Gasteiger partial charge on any atom is 0.490 e. The van der Waals surface area contributed by atoms with Crippen molar-refractivity contribution in [2.75, 3.05) is 25.1 Å². The normalized spacial score (nSPS) is 22.0. The van der Waals surface area contributed by atoms with Gasteiger partial charge in [0.15, 0.2) is 7.12 Å². The smallest absolute Gasteiger partial charge is 0.364 e. The highest BCUT2D eigenvalue weighted by Crippen LogP contribution is 2.66. The van der Waals surface area contributed by atoms with Gasteiger partial charge in [-0.15, -0.1) is 0 Å². The lowest BCUT2D eigenvalue weighted by molar-refractivity contribution is -0.0543. The Labute approximate surface area is 262 Å². The number of rotatable bonds is 16. The van der Waals surface area contributed by atoms with Gasteiger partial charge < -0.3 is 33.8 Å². The largest absolute Gasteiger partial charge is 0.490 e. The van der Waals surface area contributed by atoms with E-state index in [0.717, 1.165) is 21.4 Å². The molecule has 2 rings (SSSR count). The minimum atomic E-state index is -5.73. The summed E-state index contributed by atoms with van der Waals surface area (Å²) in [6.07, 6.45) is -1.98. The summed E-state index contributed by atoms with van der Waals surface area (Å²) in [5.74, 6) is 5.61. The Morgan fingerprint density at radius 1 is 1.12 bits per heavy atom. The van der Waals surface area contributed by atoms with Crippen LogP contribution >= 0.6 is 66.5 Å². The summed E-state index contributed by atoms with van der Waals surface area (Å²) in [5, 5.41) is 0. The highest BCUT2D eigenvalue weighted by Gasteiger charge is 2.43. The third-order valence-electron chi connectivity index (χ3n) is 4.51. The first-order valence-corrected chi connectivity index (χ1v) is 20.8.